The molecule has 0 N–H and O–H groups in total. The lowest BCUT2D eigenvalue weighted by Gasteiger charge is -2.07. The van der Waals surface area contributed by atoms with Gasteiger partial charge in [0.05, 0.1) is 27.8 Å². The number of carbonyl (C=O) groups is 2. The second-order valence-electron chi connectivity index (χ2n) is 5.64. The van der Waals surface area contributed by atoms with E-state index in [1.165, 1.54) is 7.11 Å². The molecule has 158 valence electrons. The van der Waals surface area contributed by atoms with E-state index in [2.05, 4.69) is 0 Å². The molecular formula is C19H20F3NO6. The molecule has 0 atom stereocenters. The van der Waals surface area contributed by atoms with Crippen molar-refractivity contribution in [3.05, 3.63) is 53.9 Å². The Bertz CT molecular complexity index is 817. The molecule has 0 aliphatic heterocycles. The van der Waals surface area contributed by atoms with Crippen molar-refractivity contribution < 1.29 is 46.6 Å². The molecule has 0 saturated carbocycles. The lowest BCUT2D eigenvalue weighted by molar-refractivity contribution is -0.688. The van der Waals surface area contributed by atoms with Crippen molar-refractivity contribution in [3.63, 3.8) is 0 Å². The van der Waals surface area contributed by atoms with Gasteiger partial charge < -0.3 is 24.1 Å². The van der Waals surface area contributed by atoms with Crippen molar-refractivity contribution in [2.45, 2.75) is 19.1 Å². The summed E-state index contributed by atoms with van der Waals surface area (Å²) in [4.78, 5) is 20.1. The third-order valence-corrected chi connectivity index (χ3v) is 3.50. The van der Waals surface area contributed by atoms with E-state index in [-0.39, 0.29) is 12.4 Å². The maximum atomic E-state index is 11.4. The minimum atomic E-state index is -5.19. The highest BCUT2D eigenvalue weighted by molar-refractivity contribution is 5.72. The number of benzene rings is 1. The maximum Gasteiger partial charge on any atom is 0.430 e. The molecule has 2 aromatic rings. The molecule has 0 aliphatic rings. The molecule has 29 heavy (non-hydrogen) atoms. The van der Waals surface area contributed by atoms with Crippen LogP contribution in [0.5, 0.6) is 11.5 Å². The summed E-state index contributed by atoms with van der Waals surface area (Å²) in [5, 5.41) is 8.78. The third-order valence-electron chi connectivity index (χ3n) is 3.50. The zero-order chi connectivity index (χ0) is 22.0. The highest BCUT2D eigenvalue weighted by atomic mass is 19.4. The molecule has 0 amide bonds. The zero-order valence-electron chi connectivity index (χ0n) is 16.0. The van der Waals surface area contributed by atoms with Crippen LogP contribution in [0, 0.1) is 0 Å². The SMILES string of the molecule is COC(=O)Cc1ccc[n+](Cc2cc(OC)cc(OC)c2)c1.O=C([O-])C(F)(F)F. The number of ether oxygens (including phenoxy) is 3. The third kappa shape index (κ3) is 8.50. The fourth-order valence-electron chi connectivity index (χ4n) is 2.19. The van der Waals surface area contributed by atoms with Crippen LogP contribution in [0.15, 0.2) is 42.7 Å². The van der Waals surface area contributed by atoms with Crippen molar-refractivity contribution in [2.24, 2.45) is 0 Å². The maximum absolute atomic E-state index is 11.4. The van der Waals surface area contributed by atoms with Gasteiger partial charge in [0.2, 0.25) is 0 Å². The van der Waals surface area contributed by atoms with E-state index < -0.39 is 12.1 Å². The van der Waals surface area contributed by atoms with Crippen LogP contribution in [0.2, 0.25) is 0 Å². The van der Waals surface area contributed by atoms with Gasteiger partial charge in [-0.3, -0.25) is 4.79 Å². The number of carboxylic acid groups (broad SMARTS) is 1. The number of rotatable bonds is 6. The van der Waals surface area contributed by atoms with Gasteiger partial charge in [-0.05, 0) is 18.2 Å². The van der Waals surface area contributed by atoms with Crippen molar-refractivity contribution in [1.82, 2.24) is 0 Å². The number of nitrogens with zero attached hydrogens (tertiary/aromatic N) is 1. The van der Waals surface area contributed by atoms with Crippen LogP contribution in [-0.4, -0.2) is 39.4 Å². The minimum Gasteiger partial charge on any atom is -0.542 e. The molecule has 0 unspecified atom stereocenters. The summed E-state index contributed by atoms with van der Waals surface area (Å²) in [7, 11) is 4.65. The van der Waals surface area contributed by atoms with Gasteiger partial charge in [0.15, 0.2) is 18.9 Å². The fourth-order valence-corrected chi connectivity index (χ4v) is 2.19. The molecule has 2 rings (SSSR count). The molecule has 7 nitrogen and oxygen atoms in total. The Morgan fingerprint density at radius 1 is 1.03 bits per heavy atom. The first-order valence-electron chi connectivity index (χ1n) is 8.14. The van der Waals surface area contributed by atoms with Crippen molar-refractivity contribution >= 4 is 11.9 Å². The first-order chi connectivity index (χ1) is 13.6. The van der Waals surface area contributed by atoms with Crippen molar-refractivity contribution in [1.29, 1.82) is 0 Å². The Morgan fingerprint density at radius 2 is 1.59 bits per heavy atom. The molecule has 1 aromatic carbocycles. The van der Waals surface area contributed by atoms with Crippen LogP contribution in [0.4, 0.5) is 13.2 Å². The quantitative estimate of drug-likeness (QED) is 0.518. The predicted octanol–water partition coefficient (Wildman–Crippen LogP) is 1.05. The molecule has 0 bridgehead atoms. The minimum absolute atomic E-state index is 0.249. The first-order valence-corrected chi connectivity index (χ1v) is 8.14. The Morgan fingerprint density at radius 3 is 2.03 bits per heavy atom. The van der Waals surface area contributed by atoms with E-state index in [0.29, 0.717) is 6.54 Å². The summed E-state index contributed by atoms with van der Waals surface area (Å²) in [6.07, 6.45) is -1.05. The van der Waals surface area contributed by atoms with E-state index in [4.69, 9.17) is 24.1 Å². The van der Waals surface area contributed by atoms with E-state index in [9.17, 15) is 18.0 Å². The number of halogens is 3. The second kappa shape index (κ2) is 10.9. The highest BCUT2D eigenvalue weighted by Crippen LogP contribution is 2.22. The number of pyridine rings is 1. The number of hydrogen-bond acceptors (Lipinski definition) is 6. The molecule has 0 spiro atoms. The largest absolute Gasteiger partial charge is 0.542 e. The monoisotopic (exact) mass is 415 g/mol. The van der Waals surface area contributed by atoms with Crippen LogP contribution in [0.3, 0.4) is 0 Å². The van der Waals surface area contributed by atoms with Gasteiger partial charge in [-0.1, -0.05) is 0 Å². The van der Waals surface area contributed by atoms with Gasteiger partial charge in [0, 0.05) is 23.3 Å². The topological polar surface area (TPSA) is 88.8 Å². The van der Waals surface area contributed by atoms with E-state index in [1.807, 2.05) is 47.3 Å². The summed E-state index contributed by atoms with van der Waals surface area (Å²) in [6.45, 7) is 0.655. The van der Waals surface area contributed by atoms with Gasteiger partial charge in [0.25, 0.3) is 0 Å². The van der Waals surface area contributed by atoms with Gasteiger partial charge >= 0.3 is 12.1 Å². The number of aliphatic carboxylic acids is 1. The average molecular weight is 415 g/mol. The molecule has 0 fully saturated rings. The number of carbonyl (C=O) groups excluding carboxylic acids is 2. The molecule has 10 heteroatoms. The van der Waals surface area contributed by atoms with Gasteiger partial charge in [-0.2, -0.15) is 13.2 Å². The number of alkyl halides is 3. The summed E-state index contributed by atoms with van der Waals surface area (Å²) < 4.78 is 48.8. The second-order valence-corrected chi connectivity index (χ2v) is 5.64. The van der Waals surface area contributed by atoms with E-state index in [0.717, 1.165) is 22.6 Å². The number of aromatic nitrogens is 1. The molecule has 0 radical (unpaired) electrons. The average Bonchev–Trinajstić information content (AvgIpc) is 2.67. The number of methoxy groups -OCH3 is 3. The van der Waals surface area contributed by atoms with Gasteiger partial charge in [0.1, 0.15) is 17.5 Å². The normalized spacial score (nSPS) is 10.4. The fraction of sp³-hybridized carbons (Fsp3) is 0.316. The summed E-state index contributed by atoms with van der Waals surface area (Å²) in [5.74, 6) is -1.75. The summed E-state index contributed by atoms with van der Waals surface area (Å²) in [5.41, 5.74) is 1.96. The van der Waals surface area contributed by atoms with Gasteiger partial charge in [-0.25, -0.2) is 4.57 Å². The highest BCUT2D eigenvalue weighted by Gasteiger charge is 2.28. The summed E-state index contributed by atoms with van der Waals surface area (Å²) >= 11 is 0. The Kier molecular flexibility index (Phi) is 8.91. The van der Waals surface area contributed by atoms with Crippen LogP contribution < -0.4 is 19.1 Å². The standard InChI is InChI=1S/C17H20NO4.C2HF3O2/c1-20-15-7-14(8-16(10-15)21-2)12-18-6-4-5-13(11-18)9-17(19)22-3;3-2(4,5)1(6)7/h4-8,10-11H,9,12H2,1-3H3;(H,6,7)/q+1;/p-1. The van der Waals surface area contributed by atoms with Crippen molar-refractivity contribution in [3.8, 4) is 11.5 Å². The smallest absolute Gasteiger partial charge is 0.430 e. The Hall–Kier alpha value is -3.30. The van der Waals surface area contributed by atoms with Gasteiger partial charge in [-0.15, -0.1) is 0 Å². The van der Waals surface area contributed by atoms with Crippen LogP contribution in [0.1, 0.15) is 11.1 Å². The number of hydrogen-bond donors (Lipinski definition) is 0. The molecule has 1 heterocycles. The van der Waals surface area contributed by atoms with Crippen molar-refractivity contribution in [2.75, 3.05) is 21.3 Å². The molecule has 1 aromatic heterocycles. The molecule has 0 saturated heterocycles. The molecule has 0 aliphatic carbocycles. The Labute approximate surface area is 165 Å². The lowest BCUT2D eigenvalue weighted by atomic mass is 10.1. The van der Waals surface area contributed by atoms with E-state index in [1.54, 1.807) is 14.2 Å². The number of esters is 1. The van der Waals surface area contributed by atoms with Crippen LogP contribution >= 0.6 is 0 Å². The molecular weight excluding hydrogens is 395 g/mol. The number of carboxylic acids is 1. The zero-order valence-corrected chi connectivity index (χ0v) is 16.0. The lowest BCUT2D eigenvalue weighted by Crippen LogP contribution is -2.37. The van der Waals surface area contributed by atoms with Crippen LogP contribution in [0.25, 0.3) is 0 Å². The van der Waals surface area contributed by atoms with Crippen LogP contribution in [-0.2, 0) is 27.3 Å². The first kappa shape index (κ1) is 23.7. The Balaban J connectivity index is 0.000000516. The predicted molar refractivity (Wildman–Crippen MR) is 92.1 cm³/mol. The summed E-state index contributed by atoms with van der Waals surface area (Å²) in [6, 6.07) is 9.57. The van der Waals surface area contributed by atoms with E-state index >= 15 is 0 Å².